The molecule has 8 heteroatoms. The summed E-state index contributed by atoms with van der Waals surface area (Å²) in [4.78, 5) is 10.9. The fraction of sp³-hybridized carbons (Fsp3) is 0.857. The highest BCUT2D eigenvalue weighted by atomic mass is 79.9. The number of hydrogen-bond donors (Lipinski definition) is 1. The third-order valence-electron chi connectivity index (χ3n) is 1.50. The summed E-state index contributed by atoms with van der Waals surface area (Å²) in [5, 5.41) is 0.701. The maximum atomic E-state index is 11.4. The molecule has 1 N–H and O–H groups in total. The maximum Gasteiger partial charge on any atom is 0.421 e. The number of hydrogen-bond acceptors (Lipinski definition) is 4. The quantitative estimate of drug-likeness (QED) is 0.733. The number of rotatable bonds is 6. The Morgan fingerprint density at radius 2 is 2.13 bits per heavy atom. The zero-order valence-electron chi connectivity index (χ0n) is 8.69. The molecule has 0 unspecified atom stereocenters. The minimum Gasteiger partial charge on any atom is -0.449 e. The van der Waals surface area contributed by atoms with Crippen molar-refractivity contribution >= 4 is 32.2 Å². The summed E-state index contributed by atoms with van der Waals surface area (Å²) >= 11 is 3.19. The molecular formula is C7H15BrN2O4S. The Balaban J connectivity index is 4.22. The molecule has 1 amide bonds. The predicted molar refractivity (Wildman–Crippen MR) is 60.1 cm³/mol. The molecule has 0 aromatic carbocycles. The van der Waals surface area contributed by atoms with E-state index in [1.54, 1.807) is 11.6 Å². The Bertz CT molecular complexity index is 293. The molecule has 0 aromatic rings. The van der Waals surface area contributed by atoms with Crippen molar-refractivity contribution in [3.8, 4) is 0 Å². The lowest BCUT2D eigenvalue weighted by molar-refractivity contribution is 0.158. The molecule has 0 aliphatic rings. The molecule has 6 nitrogen and oxygen atoms in total. The van der Waals surface area contributed by atoms with Crippen LogP contribution in [-0.2, 0) is 14.9 Å². The molecule has 0 saturated carbocycles. The number of alkyl halides is 1. The van der Waals surface area contributed by atoms with E-state index in [9.17, 15) is 13.2 Å². The second-order valence-corrected chi connectivity index (χ2v) is 5.26. The van der Waals surface area contributed by atoms with Gasteiger partial charge in [-0.05, 0) is 13.3 Å². The summed E-state index contributed by atoms with van der Waals surface area (Å²) in [6.07, 6.45) is -0.288. The number of carbonyl (C=O) groups is 1. The van der Waals surface area contributed by atoms with Gasteiger partial charge in [-0.1, -0.05) is 15.9 Å². The molecule has 0 rings (SSSR count). The van der Waals surface area contributed by atoms with Crippen LogP contribution in [0.25, 0.3) is 0 Å². The van der Waals surface area contributed by atoms with Crippen molar-refractivity contribution in [2.75, 3.05) is 25.5 Å². The van der Waals surface area contributed by atoms with Crippen LogP contribution in [0.2, 0.25) is 0 Å². The molecule has 0 radical (unpaired) electrons. The maximum absolute atomic E-state index is 11.4. The van der Waals surface area contributed by atoms with Gasteiger partial charge < -0.3 is 4.74 Å². The van der Waals surface area contributed by atoms with Crippen LogP contribution in [0, 0.1) is 0 Å². The smallest absolute Gasteiger partial charge is 0.421 e. The Morgan fingerprint density at radius 1 is 1.53 bits per heavy atom. The summed E-state index contributed by atoms with van der Waals surface area (Å²) in [7, 11) is -2.37. The molecule has 0 aliphatic heterocycles. The summed E-state index contributed by atoms with van der Waals surface area (Å²) in [5.41, 5.74) is 0. The SMILES string of the molecule is CCOC(=O)NS(=O)(=O)N(C)CCCBr. The minimum absolute atomic E-state index is 0.131. The van der Waals surface area contributed by atoms with Gasteiger partial charge in [0, 0.05) is 18.9 Å². The van der Waals surface area contributed by atoms with Gasteiger partial charge in [0.1, 0.15) is 0 Å². The predicted octanol–water partition coefficient (Wildman–Crippen LogP) is 0.694. The Labute approximate surface area is 98.3 Å². The van der Waals surface area contributed by atoms with Crippen LogP contribution in [0.4, 0.5) is 4.79 Å². The van der Waals surface area contributed by atoms with Gasteiger partial charge in [0.2, 0.25) is 0 Å². The first-order valence-corrected chi connectivity index (χ1v) is 6.97. The summed E-state index contributed by atoms with van der Waals surface area (Å²) in [6.45, 7) is 2.06. The zero-order chi connectivity index (χ0) is 11.9. The number of carbonyl (C=O) groups excluding carboxylic acids is 1. The summed E-state index contributed by atoms with van der Waals surface area (Å²) < 4.78 is 30.2. The van der Waals surface area contributed by atoms with Crippen molar-refractivity contribution in [1.29, 1.82) is 0 Å². The van der Waals surface area contributed by atoms with E-state index in [-0.39, 0.29) is 6.61 Å². The molecule has 0 saturated heterocycles. The lowest BCUT2D eigenvalue weighted by Gasteiger charge is -2.16. The van der Waals surface area contributed by atoms with E-state index >= 15 is 0 Å². The molecule has 0 bridgehead atoms. The van der Waals surface area contributed by atoms with E-state index in [2.05, 4.69) is 20.7 Å². The third kappa shape index (κ3) is 5.95. The van der Waals surface area contributed by atoms with Gasteiger partial charge >= 0.3 is 16.3 Å². The highest BCUT2D eigenvalue weighted by Gasteiger charge is 2.20. The summed E-state index contributed by atoms with van der Waals surface area (Å²) in [5.74, 6) is 0. The largest absolute Gasteiger partial charge is 0.449 e. The lowest BCUT2D eigenvalue weighted by Crippen LogP contribution is -2.42. The van der Waals surface area contributed by atoms with Gasteiger partial charge in [0.25, 0.3) is 0 Å². The van der Waals surface area contributed by atoms with Gasteiger partial charge in [-0.15, -0.1) is 0 Å². The van der Waals surface area contributed by atoms with Crippen molar-refractivity contribution in [2.24, 2.45) is 0 Å². The number of amides is 1. The minimum atomic E-state index is -3.77. The van der Waals surface area contributed by atoms with Gasteiger partial charge in [0.15, 0.2) is 0 Å². The highest BCUT2D eigenvalue weighted by Crippen LogP contribution is 1.98. The Kier molecular flexibility index (Phi) is 6.86. The third-order valence-corrected chi connectivity index (χ3v) is 3.49. The molecule has 0 spiro atoms. The van der Waals surface area contributed by atoms with E-state index in [4.69, 9.17) is 0 Å². The fourth-order valence-electron chi connectivity index (χ4n) is 0.746. The second kappa shape index (κ2) is 7.02. The number of nitrogens with zero attached hydrogens (tertiary/aromatic N) is 1. The van der Waals surface area contributed by atoms with Crippen molar-refractivity contribution in [3.63, 3.8) is 0 Å². The molecule has 0 aromatic heterocycles. The van der Waals surface area contributed by atoms with Gasteiger partial charge in [-0.25, -0.2) is 9.52 Å². The topological polar surface area (TPSA) is 75.7 Å². The monoisotopic (exact) mass is 302 g/mol. The van der Waals surface area contributed by atoms with Crippen LogP contribution in [0.1, 0.15) is 13.3 Å². The van der Waals surface area contributed by atoms with Crippen LogP contribution in [0.3, 0.4) is 0 Å². The van der Waals surface area contributed by atoms with E-state index in [1.807, 2.05) is 0 Å². The van der Waals surface area contributed by atoms with E-state index in [0.29, 0.717) is 18.3 Å². The van der Waals surface area contributed by atoms with Crippen molar-refractivity contribution < 1.29 is 17.9 Å². The van der Waals surface area contributed by atoms with Crippen molar-refractivity contribution in [3.05, 3.63) is 0 Å². The molecule has 90 valence electrons. The van der Waals surface area contributed by atoms with Crippen molar-refractivity contribution in [1.82, 2.24) is 9.03 Å². The van der Waals surface area contributed by atoms with E-state index in [0.717, 1.165) is 4.31 Å². The summed E-state index contributed by atoms with van der Waals surface area (Å²) in [6, 6.07) is 0. The second-order valence-electron chi connectivity index (χ2n) is 2.69. The van der Waals surface area contributed by atoms with Crippen molar-refractivity contribution in [2.45, 2.75) is 13.3 Å². The normalized spacial score (nSPS) is 11.5. The first-order valence-electron chi connectivity index (χ1n) is 4.40. The Morgan fingerprint density at radius 3 is 2.60 bits per heavy atom. The van der Waals surface area contributed by atoms with Crippen LogP contribution in [-0.4, -0.2) is 44.3 Å². The van der Waals surface area contributed by atoms with Gasteiger partial charge in [0.05, 0.1) is 6.61 Å². The number of nitrogens with one attached hydrogen (secondary N) is 1. The molecule has 0 aliphatic carbocycles. The molecule has 0 fully saturated rings. The molecule has 15 heavy (non-hydrogen) atoms. The average Bonchev–Trinajstić information content (AvgIpc) is 2.13. The lowest BCUT2D eigenvalue weighted by atomic mass is 10.5. The van der Waals surface area contributed by atoms with E-state index in [1.165, 1.54) is 7.05 Å². The van der Waals surface area contributed by atoms with Crippen LogP contribution < -0.4 is 4.72 Å². The standard InChI is InChI=1S/C7H15BrN2O4S/c1-3-14-7(11)9-15(12,13)10(2)6-4-5-8/h3-6H2,1-2H3,(H,9,11). The molecular weight excluding hydrogens is 288 g/mol. The highest BCUT2D eigenvalue weighted by molar-refractivity contribution is 9.09. The number of halogens is 1. The Hall–Kier alpha value is -0.340. The fourth-order valence-corrected chi connectivity index (χ4v) is 1.79. The van der Waals surface area contributed by atoms with Crippen LogP contribution >= 0.6 is 15.9 Å². The first kappa shape index (κ1) is 14.7. The van der Waals surface area contributed by atoms with Crippen LogP contribution in [0.5, 0.6) is 0 Å². The average molecular weight is 303 g/mol. The van der Waals surface area contributed by atoms with Crippen LogP contribution in [0.15, 0.2) is 0 Å². The molecule has 0 atom stereocenters. The van der Waals surface area contributed by atoms with Gasteiger partial charge in [-0.2, -0.15) is 12.7 Å². The number of ether oxygens (including phenoxy) is 1. The first-order chi connectivity index (χ1) is 6.94. The molecule has 0 heterocycles. The zero-order valence-corrected chi connectivity index (χ0v) is 11.1. The van der Waals surface area contributed by atoms with E-state index < -0.39 is 16.3 Å². The van der Waals surface area contributed by atoms with Gasteiger partial charge in [-0.3, -0.25) is 0 Å².